The number of hydrogen-bond donors (Lipinski definition) is 0. The molecular formula is C54H34N2S. The van der Waals surface area contributed by atoms with Crippen molar-refractivity contribution in [2.24, 2.45) is 0 Å². The molecule has 0 spiro atoms. The van der Waals surface area contributed by atoms with Crippen molar-refractivity contribution in [1.29, 1.82) is 0 Å². The Bertz CT molecular complexity index is 3510. The van der Waals surface area contributed by atoms with Gasteiger partial charge in [0.15, 0.2) is 0 Å². The lowest BCUT2D eigenvalue weighted by molar-refractivity contribution is 1.18. The van der Waals surface area contributed by atoms with Crippen molar-refractivity contribution in [2.75, 3.05) is 0 Å². The van der Waals surface area contributed by atoms with E-state index in [0.717, 1.165) is 0 Å². The Morgan fingerprint density at radius 2 is 0.842 bits per heavy atom. The first-order valence-electron chi connectivity index (χ1n) is 19.5. The first kappa shape index (κ1) is 32.1. The summed E-state index contributed by atoms with van der Waals surface area (Å²) in [6.45, 7) is 0. The zero-order valence-corrected chi connectivity index (χ0v) is 31.7. The third kappa shape index (κ3) is 4.96. The molecule has 0 bridgehead atoms. The van der Waals surface area contributed by atoms with Gasteiger partial charge >= 0.3 is 0 Å². The minimum absolute atomic E-state index is 1.17. The van der Waals surface area contributed by atoms with Gasteiger partial charge in [-0.3, -0.25) is 0 Å². The molecule has 0 unspecified atom stereocenters. The summed E-state index contributed by atoms with van der Waals surface area (Å²) < 4.78 is 7.50. The van der Waals surface area contributed by atoms with Gasteiger partial charge in [-0.1, -0.05) is 152 Å². The maximum Gasteiger partial charge on any atom is 0.0641 e. The van der Waals surface area contributed by atoms with E-state index in [1.807, 2.05) is 11.3 Å². The van der Waals surface area contributed by atoms with E-state index in [1.165, 1.54) is 109 Å². The summed E-state index contributed by atoms with van der Waals surface area (Å²) >= 11 is 1.89. The second kappa shape index (κ2) is 12.7. The van der Waals surface area contributed by atoms with Gasteiger partial charge in [0.1, 0.15) is 0 Å². The van der Waals surface area contributed by atoms with Crippen LogP contribution in [0, 0.1) is 0 Å². The van der Waals surface area contributed by atoms with Crippen LogP contribution in [-0.4, -0.2) is 9.13 Å². The number of nitrogens with zero attached hydrogens (tertiary/aromatic N) is 2. The van der Waals surface area contributed by atoms with E-state index in [9.17, 15) is 0 Å². The highest BCUT2D eigenvalue weighted by molar-refractivity contribution is 7.26. The minimum Gasteiger partial charge on any atom is -0.309 e. The van der Waals surface area contributed by atoms with Gasteiger partial charge in [-0.25, -0.2) is 0 Å². The van der Waals surface area contributed by atoms with Crippen molar-refractivity contribution < 1.29 is 0 Å². The summed E-state index contributed by atoms with van der Waals surface area (Å²) in [7, 11) is 0. The highest BCUT2D eigenvalue weighted by Crippen LogP contribution is 2.46. The average molecular weight is 743 g/mol. The lowest BCUT2D eigenvalue weighted by Crippen LogP contribution is -1.95. The fraction of sp³-hybridized carbons (Fsp3) is 0. The predicted molar refractivity (Wildman–Crippen MR) is 244 cm³/mol. The predicted octanol–water partition coefficient (Wildman–Crippen LogP) is 15.2. The molecule has 0 radical (unpaired) electrons. The summed E-state index contributed by atoms with van der Waals surface area (Å²) in [5.41, 5.74) is 14.5. The van der Waals surface area contributed by atoms with E-state index in [-0.39, 0.29) is 0 Å². The van der Waals surface area contributed by atoms with Crippen LogP contribution < -0.4 is 0 Å². The van der Waals surface area contributed by atoms with Crippen LogP contribution in [0.25, 0.3) is 109 Å². The average Bonchev–Trinajstić information content (AvgIpc) is 3.94. The molecule has 266 valence electrons. The molecule has 0 aliphatic carbocycles. The zero-order valence-electron chi connectivity index (χ0n) is 30.9. The van der Waals surface area contributed by atoms with Crippen molar-refractivity contribution in [3.05, 3.63) is 206 Å². The Labute approximate surface area is 333 Å². The Morgan fingerprint density at radius 1 is 0.316 bits per heavy atom. The molecule has 0 N–H and O–H groups in total. The van der Waals surface area contributed by atoms with E-state index in [1.54, 1.807) is 0 Å². The molecule has 0 amide bonds. The second-order valence-electron chi connectivity index (χ2n) is 14.9. The molecule has 0 fully saturated rings. The number of para-hydroxylation sites is 3. The number of thiophene rings is 1. The van der Waals surface area contributed by atoms with Crippen LogP contribution in [0.15, 0.2) is 206 Å². The Hall–Kier alpha value is -7.20. The van der Waals surface area contributed by atoms with E-state index >= 15 is 0 Å². The van der Waals surface area contributed by atoms with Gasteiger partial charge in [0.05, 0.1) is 32.5 Å². The van der Waals surface area contributed by atoms with E-state index in [0.29, 0.717) is 0 Å². The molecular weight excluding hydrogens is 709 g/mol. The van der Waals surface area contributed by atoms with Crippen LogP contribution in [0.4, 0.5) is 0 Å². The monoisotopic (exact) mass is 742 g/mol. The van der Waals surface area contributed by atoms with Gasteiger partial charge in [-0.05, 0) is 88.0 Å². The molecule has 0 saturated heterocycles. The molecule has 3 heteroatoms. The fourth-order valence-electron chi connectivity index (χ4n) is 9.14. The smallest absolute Gasteiger partial charge is 0.0641 e. The largest absolute Gasteiger partial charge is 0.309 e. The third-order valence-electron chi connectivity index (χ3n) is 11.7. The molecule has 12 rings (SSSR count). The number of rotatable bonds is 5. The van der Waals surface area contributed by atoms with E-state index in [2.05, 4.69) is 215 Å². The molecule has 0 aliphatic heterocycles. The maximum absolute atomic E-state index is 2.51. The van der Waals surface area contributed by atoms with Gasteiger partial charge in [0.25, 0.3) is 0 Å². The van der Waals surface area contributed by atoms with Gasteiger partial charge in [0.2, 0.25) is 0 Å². The first-order chi connectivity index (χ1) is 28.3. The van der Waals surface area contributed by atoms with Crippen molar-refractivity contribution in [2.45, 2.75) is 0 Å². The topological polar surface area (TPSA) is 9.86 Å². The SMILES string of the molecule is c1ccc(-c2cccc(-c3ccc(-n4c5ccccc5c5ccc(-c6ccc7c8ccccc8n(-c8ccccc8)c7c6)cc54)c4sc5ccccc5c34)c2)cc1. The van der Waals surface area contributed by atoms with Gasteiger partial charge in [0, 0.05) is 42.7 Å². The summed E-state index contributed by atoms with van der Waals surface area (Å²) in [5.74, 6) is 0. The quantitative estimate of drug-likeness (QED) is 0.166. The molecule has 0 aliphatic rings. The minimum atomic E-state index is 1.17. The summed E-state index contributed by atoms with van der Waals surface area (Å²) in [6.07, 6.45) is 0. The number of aromatic nitrogens is 2. The van der Waals surface area contributed by atoms with Crippen LogP contribution in [0.1, 0.15) is 0 Å². The Balaban J connectivity index is 1.09. The fourth-order valence-corrected chi connectivity index (χ4v) is 10.4. The standard InChI is InChI=1S/C54H34N2S/c1-3-14-35(15-4-1)36-16-13-17-39(32-36)41-30-31-49(54-53(41)46-22-9-12-25-52(46)57-54)56-48-24-11-8-21-43(48)45-29-27-38(34-51(45)56)37-26-28-44-42-20-7-10-23-47(42)55(50(44)33-37)40-18-5-2-6-19-40/h1-34H. The van der Waals surface area contributed by atoms with Gasteiger partial charge < -0.3 is 9.13 Å². The molecule has 0 atom stereocenters. The molecule has 3 heterocycles. The number of benzene rings is 9. The highest BCUT2D eigenvalue weighted by Gasteiger charge is 2.20. The van der Waals surface area contributed by atoms with Crippen LogP contribution in [0.5, 0.6) is 0 Å². The lowest BCUT2D eigenvalue weighted by atomic mass is 9.95. The summed E-state index contributed by atoms with van der Waals surface area (Å²) in [4.78, 5) is 0. The van der Waals surface area contributed by atoms with Crippen molar-refractivity contribution in [1.82, 2.24) is 9.13 Å². The molecule has 9 aromatic carbocycles. The molecule has 2 nitrogen and oxygen atoms in total. The molecule has 3 aromatic heterocycles. The van der Waals surface area contributed by atoms with Crippen molar-refractivity contribution in [3.8, 4) is 44.8 Å². The Morgan fingerprint density at radius 3 is 1.56 bits per heavy atom. The van der Waals surface area contributed by atoms with Crippen LogP contribution in [0.3, 0.4) is 0 Å². The van der Waals surface area contributed by atoms with E-state index in [4.69, 9.17) is 0 Å². The molecule has 57 heavy (non-hydrogen) atoms. The number of hydrogen-bond acceptors (Lipinski definition) is 1. The van der Waals surface area contributed by atoms with Crippen molar-refractivity contribution >= 4 is 75.1 Å². The van der Waals surface area contributed by atoms with Gasteiger partial charge in [-0.2, -0.15) is 0 Å². The van der Waals surface area contributed by atoms with Crippen LogP contribution in [-0.2, 0) is 0 Å². The van der Waals surface area contributed by atoms with Gasteiger partial charge in [-0.15, -0.1) is 11.3 Å². The Kier molecular flexibility index (Phi) is 7.13. The molecule has 12 aromatic rings. The van der Waals surface area contributed by atoms with Crippen LogP contribution in [0.2, 0.25) is 0 Å². The zero-order chi connectivity index (χ0) is 37.5. The first-order valence-corrected chi connectivity index (χ1v) is 20.3. The maximum atomic E-state index is 2.51. The third-order valence-corrected chi connectivity index (χ3v) is 12.9. The summed E-state index contributed by atoms with van der Waals surface area (Å²) in [6, 6.07) is 75.6. The van der Waals surface area contributed by atoms with Crippen LogP contribution >= 0.6 is 11.3 Å². The molecule has 0 saturated carbocycles. The highest BCUT2D eigenvalue weighted by atomic mass is 32.1. The van der Waals surface area contributed by atoms with E-state index < -0.39 is 0 Å². The normalized spacial score (nSPS) is 11.9. The van der Waals surface area contributed by atoms with Crippen molar-refractivity contribution in [3.63, 3.8) is 0 Å². The second-order valence-corrected chi connectivity index (χ2v) is 15.9. The number of fused-ring (bicyclic) bond motifs is 9. The lowest BCUT2D eigenvalue weighted by Gasteiger charge is -2.14. The summed E-state index contributed by atoms with van der Waals surface area (Å²) in [5, 5.41) is 7.63.